The maximum absolute atomic E-state index is 13.0. The van der Waals surface area contributed by atoms with Crippen molar-refractivity contribution in [1.82, 2.24) is 19.7 Å². The Bertz CT molecular complexity index is 1250. The van der Waals surface area contributed by atoms with E-state index in [2.05, 4.69) is 20.4 Å². The predicted molar refractivity (Wildman–Crippen MR) is 118 cm³/mol. The first-order valence-electron chi connectivity index (χ1n) is 9.53. The zero-order valence-electron chi connectivity index (χ0n) is 16.9. The normalized spacial score (nSPS) is 11.5. The molecular weight excluding hydrogens is 441 g/mol. The van der Waals surface area contributed by atoms with Crippen LogP contribution in [-0.2, 0) is 19.6 Å². The largest absolute Gasteiger partial charge is 0.416 e. The van der Waals surface area contributed by atoms with Gasteiger partial charge in [0.15, 0.2) is 5.15 Å². The van der Waals surface area contributed by atoms with E-state index in [9.17, 15) is 13.2 Å². The molecular formula is C22H18ClF3N6. The highest BCUT2D eigenvalue weighted by Crippen LogP contribution is 2.32. The lowest BCUT2D eigenvalue weighted by molar-refractivity contribution is -0.137. The van der Waals surface area contributed by atoms with Crippen LogP contribution in [0, 0.1) is 0 Å². The number of benzene rings is 2. The van der Waals surface area contributed by atoms with Crippen molar-refractivity contribution in [3.05, 3.63) is 82.9 Å². The van der Waals surface area contributed by atoms with Crippen LogP contribution < -0.4 is 11.1 Å². The number of aryl methyl sites for hydroxylation is 1. The van der Waals surface area contributed by atoms with Gasteiger partial charge in [-0.2, -0.15) is 18.3 Å². The van der Waals surface area contributed by atoms with Crippen LogP contribution in [-0.4, -0.2) is 19.7 Å². The highest BCUT2D eigenvalue weighted by atomic mass is 35.5. The monoisotopic (exact) mass is 458 g/mol. The second kappa shape index (κ2) is 8.51. The number of rotatable bonds is 5. The molecule has 6 nitrogen and oxygen atoms in total. The first kappa shape index (κ1) is 21.6. The number of nitrogens with one attached hydrogen (secondary N) is 1. The lowest BCUT2D eigenvalue weighted by Crippen LogP contribution is -2.05. The summed E-state index contributed by atoms with van der Waals surface area (Å²) in [6.45, 7) is 0. The second-order valence-corrected chi connectivity index (χ2v) is 7.54. The van der Waals surface area contributed by atoms with Crippen molar-refractivity contribution in [2.45, 2.75) is 12.6 Å². The molecule has 0 saturated heterocycles. The summed E-state index contributed by atoms with van der Waals surface area (Å²) >= 11 is 6.10. The first-order chi connectivity index (χ1) is 15.2. The lowest BCUT2D eigenvalue weighted by Gasteiger charge is -2.13. The van der Waals surface area contributed by atoms with Gasteiger partial charge in [-0.3, -0.25) is 4.68 Å². The molecule has 0 bridgehead atoms. The number of anilines is 3. The van der Waals surface area contributed by atoms with Crippen molar-refractivity contribution in [1.29, 1.82) is 0 Å². The third-order valence-corrected chi connectivity index (χ3v) is 5.02. The Morgan fingerprint density at radius 1 is 1.12 bits per heavy atom. The summed E-state index contributed by atoms with van der Waals surface area (Å²) in [6, 6.07) is 12.2. The molecule has 0 atom stereocenters. The summed E-state index contributed by atoms with van der Waals surface area (Å²) < 4.78 is 40.4. The number of nitrogen functional groups attached to an aromatic ring is 1. The second-order valence-electron chi connectivity index (χ2n) is 7.18. The molecule has 4 aromatic rings. The van der Waals surface area contributed by atoms with E-state index in [1.807, 2.05) is 18.2 Å². The van der Waals surface area contributed by atoms with Gasteiger partial charge in [0.05, 0.1) is 16.9 Å². The van der Waals surface area contributed by atoms with E-state index in [1.54, 1.807) is 30.2 Å². The third-order valence-electron chi connectivity index (χ3n) is 4.74. The molecule has 32 heavy (non-hydrogen) atoms. The Hall–Kier alpha value is -3.59. The number of hydrogen-bond acceptors (Lipinski definition) is 5. The zero-order valence-corrected chi connectivity index (χ0v) is 17.6. The van der Waals surface area contributed by atoms with Gasteiger partial charge in [-0.15, -0.1) is 0 Å². The van der Waals surface area contributed by atoms with Crippen LogP contribution in [0.25, 0.3) is 11.1 Å². The standard InChI is InChI=1S/C22H18ClF3N6/c1-32-12-19(20(23)31-32)30-21-28-11-17(14-5-7-15(8-6-14)22(24,25)26)18(29-21)10-13-3-2-4-16(27)9-13/h2-9,11-12H,10,27H2,1H3,(H,28,29,30). The summed E-state index contributed by atoms with van der Waals surface area (Å²) in [5, 5.41) is 7.35. The van der Waals surface area contributed by atoms with E-state index >= 15 is 0 Å². The van der Waals surface area contributed by atoms with Crippen molar-refractivity contribution < 1.29 is 13.2 Å². The van der Waals surface area contributed by atoms with Gasteiger partial charge in [-0.25, -0.2) is 9.97 Å². The van der Waals surface area contributed by atoms with E-state index in [4.69, 9.17) is 17.3 Å². The van der Waals surface area contributed by atoms with Gasteiger partial charge >= 0.3 is 6.18 Å². The minimum Gasteiger partial charge on any atom is -0.399 e. The summed E-state index contributed by atoms with van der Waals surface area (Å²) in [4.78, 5) is 8.94. The lowest BCUT2D eigenvalue weighted by atomic mass is 9.99. The quantitative estimate of drug-likeness (QED) is 0.388. The molecule has 2 aromatic heterocycles. The molecule has 0 amide bonds. The van der Waals surface area contributed by atoms with Crippen LogP contribution in [0.5, 0.6) is 0 Å². The molecule has 0 fully saturated rings. The van der Waals surface area contributed by atoms with Crippen molar-refractivity contribution in [3.8, 4) is 11.1 Å². The fraction of sp³-hybridized carbons (Fsp3) is 0.136. The molecule has 2 heterocycles. The highest BCUT2D eigenvalue weighted by molar-refractivity contribution is 6.32. The number of aromatic nitrogens is 4. The summed E-state index contributed by atoms with van der Waals surface area (Å²) in [5.74, 6) is 0.287. The maximum atomic E-state index is 13.0. The Labute approximate surface area is 186 Å². The molecule has 0 spiro atoms. The van der Waals surface area contributed by atoms with Gasteiger partial charge in [-0.1, -0.05) is 35.9 Å². The van der Waals surface area contributed by atoms with Gasteiger partial charge < -0.3 is 11.1 Å². The van der Waals surface area contributed by atoms with Crippen LogP contribution in [0.2, 0.25) is 5.15 Å². The molecule has 3 N–H and O–H groups in total. The SMILES string of the molecule is Cn1cc(Nc2ncc(-c3ccc(C(F)(F)F)cc3)c(Cc3cccc(N)c3)n2)c(Cl)n1. The van der Waals surface area contributed by atoms with Crippen molar-refractivity contribution in [2.24, 2.45) is 7.05 Å². The topological polar surface area (TPSA) is 81.7 Å². The van der Waals surface area contributed by atoms with Crippen LogP contribution in [0.15, 0.2) is 60.9 Å². The van der Waals surface area contributed by atoms with Gasteiger partial charge in [0.2, 0.25) is 5.95 Å². The Kier molecular flexibility index (Phi) is 5.75. The van der Waals surface area contributed by atoms with E-state index in [-0.39, 0.29) is 11.1 Å². The molecule has 0 unspecified atom stereocenters. The number of nitrogens with two attached hydrogens (primary N) is 1. The average Bonchev–Trinajstić information content (AvgIpc) is 3.04. The van der Waals surface area contributed by atoms with Crippen molar-refractivity contribution >= 4 is 28.9 Å². The highest BCUT2D eigenvalue weighted by Gasteiger charge is 2.30. The number of alkyl halides is 3. The molecule has 2 aromatic carbocycles. The van der Waals surface area contributed by atoms with Crippen LogP contribution in [0.3, 0.4) is 0 Å². The molecule has 0 aliphatic rings. The molecule has 164 valence electrons. The fourth-order valence-corrected chi connectivity index (χ4v) is 3.47. The van der Waals surface area contributed by atoms with Gasteiger partial charge in [0.1, 0.15) is 0 Å². The van der Waals surface area contributed by atoms with Crippen LogP contribution >= 0.6 is 11.6 Å². The van der Waals surface area contributed by atoms with Crippen molar-refractivity contribution in [3.63, 3.8) is 0 Å². The maximum Gasteiger partial charge on any atom is 0.416 e. The minimum atomic E-state index is -4.41. The summed E-state index contributed by atoms with van der Waals surface area (Å²) in [5.41, 5.74) is 9.02. The average molecular weight is 459 g/mol. The summed E-state index contributed by atoms with van der Waals surface area (Å²) in [7, 11) is 1.73. The van der Waals surface area contributed by atoms with E-state index in [0.717, 1.165) is 17.7 Å². The van der Waals surface area contributed by atoms with Gasteiger partial charge in [0.25, 0.3) is 0 Å². The Balaban J connectivity index is 1.73. The zero-order chi connectivity index (χ0) is 22.9. The number of nitrogens with zero attached hydrogens (tertiary/aromatic N) is 4. The van der Waals surface area contributed by atoms with E-state index in [1.165, 1.54) is 12.1 Å². The van der Waals surface area contributed by atoms with Crippen LogP contribution in [0.4, 0.5) is 30.5 Å². The smallest absolute Gasteiger partial charge is 0.399 e. The molecule has 4 rings (SSSR count). The molecule has 0 saturated carbocycles. The van der Waals surface area contributed by atoms with E-state index in [0.29, 0.717) is 34.6 Å². The first-order valence-corrected chi connectivity index (χ1v) is 9.91. The molecule has 10 heteroatoms. The number of halogens is 4. The number of hydrogen-bond donors (Lipinski definition) is 2. The van der Waals surface area contributed by atoms with Crippen molar-refractivity contribution in [2.75, 3.05) is 11.1 Å². The van der Waals surface area contributed by atoms with Gasteiger partial charge in [0, 0.05) is 37.1 Å². The molecule has 0 radical (unpaired) electrons. The molecule has 0 aliphatic heterocycles. The fourth-order valence-electron chi connectivity index (χ4n) is 3.25. The predicted octanol–water partition coefficient (Wildman–Crippen LogP) is 5.47. The minimum absolute atomic E-state index is 0.264. The third kappa shape index (κ3) is 4.83. The Morgan fingerprint density at radius 2 is 1.88 bits per heavy atom. The van der Waals surface area contributed by atoms with E-state index < -0.39 is 11.7 Å². The Morgan fingerprint density at radius 3 is 2.50 bits per heavy atom. The summed E-state index contributed by atoms with van der Waals surface area (Å²) in [6.07, 6.45) is -0.744. The molecule has 0 aliphatic carbocycles. The van der Waals surface area contributed by atoms with Gasteiger partial charge in [-0.05, 0) is 35.4 Å². The van der Waals surface area contributed by atoms with Crippen LogP contribution in [0.1, 0.15) is 16.8 Å².